The zero-order valence-electron chi connectivity index (χ0n) is 18.5. The number of nitrogens with one attached hydrogen (secondary N) is 2. The number of rotatable bonds is 10. The summed E-state index contributed by atoms with van der Waals surface area (Å²) in [6, 6.07) is 16.4. The molecule has 0 saturated carbocycles. The summed E-state index contributed by atoms with van der Waals surface area (Å²) in [5.41, 5.74) is 1.25. The summed E-state index contributed by atoms with van der Waals surface area (Å²) < 4.78 is 21.0. The SMILES string of the molecule is CCNC(=NCC(C)Oc1ccc(F)cc1)NCCc1nccn1Cc1ccccc1.I. The van der Waals surface area contributed by atoms with Gasteiger partial charge >= 0.3 is 0 Å². The Hall–Kier alpha value is -2.62. The molecule has 3 aromatic rings. The average Bonchev–Trinajstić information content (AvgIpc) is 3.21. The normalized spacial score (nSPS) is 12.0. The lowest BCUT2D eigenvalue weighted by Crippen LogP contribution is -2.39. The van der Waals surface area contributed by atoms with Crippen LogP contribution in [0.3, 0.4) is 0 Å². The van der Waals surface area contributed by atoms with E-state index in [2.05, 4.69) is 37.3 Å². The van der Waals surface area contributed by atoms with Crippen LogP contribution in [0.25, 0.3) is 0 Å². The number of aliphatic imine (C=N–C) groups is 1. The van der Waals surface area contributed by atoms with Crippen LogP contribution in [0.5, 0.6) is 5.75 Å². The van der Waals surface area contributed by atoms with Crippen LogP contribution in [0, 0.1) is 5.82 Å². The van der Waals surface area contributed by atoms with Crippen molar-refractivity contribution in [1.29, 1.82) is 0 Å². The number of ether oxygens (including phenoxy) is 1. The van der Waals surface area contributed by atoms with E-state index in [0.717, 1.165) is 31.3 Å². The fourth-order valence-corrected chi connectivity index (χ4v) is 3.13. The van der Waals surface area contributed by atoms with Gasteiger partial charge in [0.1, 0.15) is 23.5 Å². The van der Waals surface area contributed by atoms with Crippen molar-refractivity contribution in [2.24, 2.45) is 4.99 Å². The van der Waals surface area contributed by atoms with Gasteiger partial charge in [-0.25, -0.2) is 14.4 Å². The Morgan fingerprint density at radius 1 is 1.12 bits per heavy atom. The van der Waals surface area contributed by atoms with Crippen LogP contribution in [0.15, 0.2) is 72.0 Å². The van der Waals surface area contributed by atoms with Crippen LogP contribution in [0.2, 0.25) is 0 Å². The highest BCUT2D eigenvalue weighted by atomic mass is 127. The van der Waals surface area contributed by atoms with Gasteiger partial charge in [0.15, 0.2) is 5.96 Å². The van der Waals surface area contributed by atoms with Gasteiger partial charge in [-0.15, -0.1) is 24.0 Å². The highest BCUT2D eigenvalue weighted by Crippen LogP contribution is 2.13. The zero-order valence-corrected chi connectivity index (χ0v) is 20.8. The summed E-state index contributed by atoms with van der Waals surface area (Å²) in [5, 5.41) is 6.61. The standard InChI is InChI=1S/C24H30FN5O.HI/c1-3-26-24(29-17-19(2)31-22-11-9-21(25)10-12-22)28-14-13-23-27-15-16-30(23)18-20-7-5-4-6-8-20;/h4-12,15-16,19H,3,13-14,17-18H2,1-2H3,(H2,26,28,29);1H. The summed E-state index contributed by atoms with van der Waals surface area (Å²) in [5.74, 6) is 2.12. The van der Waals surface area contributed by atoms with Crippen molar-refractivity contribution in [3.63, 3.8) is 0 Å². The Balaban J connectivity index is 0.00000363. The molecule has 172 valence electrons. The van der Waals surface area contributed by atoms with Gasteiger partial charge in [-0.05, 0) is 43.7 Å². The Morgan fingerprint density at radius 3 is 2.59 bits per heavy atom. The predicted octanol–water partition coefficient (Wildman–Crippen LogP) is 4.25. The highest BCUT2D eigenvalue weighted by Gasteiger charge is 2.07. The number of hydrogen-bond acceptors (Lipinski definition) is 3. The summed E-state index contributed by atoms with van der Waals surface area (Å²) >= 11 is 0. The van der Waals surface area contributed by atoms with Gasteiger partial charge in [0.2, 0.25) is 0 Å². The molecular formula is C24H31FIN5O. The molecule has 0 radical (unpaired) electrons. The Kier molecular flexibility index (Phi) is 11.0. The van der Waals surface area contributed by atoms with Crippen LogP contribution >= 0.6 is 24.0 Å². The van der Waals surface area contributed by atoms with Gasteiger partial charge in [-0.1, -0.05) is 30.3 Å². The first-order valence-corrected chi connectivity index (χ1v) is 10.6. The first-order chi connectivity index (χ1) is 15.1. The van der Waals surface area contributed by atoms with Gasteiger partial charge < -0.3 is 19.9 Å². The van der Waals surface area contributed by atoms with Crippen LogP contribution < -0.4 is 15.4 Å². The van der Waals surface area contributed by atoms with E-state index >= 15 is 0 Å². The van der Waals surface area contributed by atoms with Gasteiger partial charge in [-0.2, -0.15) is 0 Å². The monoisotopic (exact) mass is 551 g/mol. The molecule has 2 aromatic carbocycles. The van der Waals surface area contributed by atoms with E-state index in [1.54, 1.807) is 12.1 Å². The first kappa shape index (κ1) is 25.6. The maximum absolute atomic E-state index is 13.0. The molecule has 6 nitrogen and oxygen atoms in total. The smallest absolute Gasteiger partial charge is 0.191 e. The molecule has 0 amide bonds. The van der Waals surface area contributed by atoms with E-state index in [9.17, 15) is 4.39 Å². The molecule has 0 aliphatic heterocycles. The molecule has 0 saturated heterocycles. The number of hydrogen-bond donors (Lipinski definition) is 2. The maximum atomic E-state index is 13.0. The molecule has 0 aliphatic rings. The number of benzene rings is 2. The minimum atomic E-state index is -0.277. The van der Waals surface area contributed by atoms with Crippen molar-refractivity contribution in [2.45, 2.75) is 32.9 Å². The lowest BCUT2D eigenvalue weighted by atomic mass is 10.2. The van der Waals surface area contributed by atoms with E-state index in [-0.39, 0.29) is 35.9 Å². The molecule has 0 fully saturated rings. The largest absolute Gasteiger partial charge is 0.489 e. The maximum Gasteiger partial charge on any atom is 0.191 e. The first-order valence-electron chi connectivity index (χ1n) is 10.6. The number of nitrogens with zero attached hydrogens (tertiary/aromatic N) is 3. The molecule has 1 atom stereocenters. The lowest BCUT2D eigenvalue weighted by molar-refractivity contribution is 0.230. The molecule has 1 heterocycles. The van der Waals surface area contributed by atoms with Crippen molar-refractivity contribution in [1.82, 2.24) is 20.2 Å². The fraction of sp³-hybridized carbons (Fsp3) is 0.333. The molecule has 3 rings (SSSR count). The van der Waals surface area contributed by atoms with E-state index in [4.69, 9.17) is 4.74 Å². The highest BCUT2D eigenvalue weighted by molar-refractivity contribution is 14.0. The third kappa shape index (κ3) is 8.49. The quantitative estimate of drug-likeness (QED) is 0.225. The Bertz CT molecular complexity index is 947. The lowest BCUT2D eigenvalue weighted by Gasteiger charge is -2.15. The van der Waals surface area contributed by atoms with Gasteiger partial charge in [0.05, 0.1) is 6.54 Å². The summed E-state index contributed by atoms with van der Waals surface area (Å²) in [6.45, 7) is 6.74. The molecule has 0 bridgehead atoms. The summed E-state index contributed by atoms with van der Waals surface area (Å²) in [6.07, 6.45) is 4.50. The summed E-state index contributed by atoms with van der Waals surface area (Å²) in [7, 11) is 0. The minimum absolute atomic E-state index is 0. The second-order valence-electron chi connectivity index (χ2n) is 7.24. The number of imidazole rings is 1. The van der Waals surface area contributed by atoms with Crippen LogP contribution in [0.4, 0.5) is 4.39 Å². The van der Waals surface area contributed by atoms with Crippen LogP contribution in [0.1, 0.15) is 25.2 Å². The van der Waals surface area contributed by atoms with Crippen molar-refractivity contribution < 1.29 is 9.13 Å². The number of halogens is 2. The minimum Gasteiger partial charge on any atom is -0.489 e. The van der Waals surface area contributed by atoms with E-state index in [0.29, 0.717) is 18.8 Å². The van der Waals surface area contributed by atoms with Crippen molar-refractivity contribution in [2.75, 3.05) is 19.6 Å². The number of aromatic nitrogens is 2. The van der Waals surface area contributed by atoms with Gasteiger partial charge in [-0.3, -0.25) is 0 Å². The fourth-order valence-electron chi connectivity index (χ4n) is 3.13. The third-order valence-electron chi connectivity index (χ3n) is 4.64. The molecular weight excluding hydrogens is 520 g/mol. The Labute approximate surface area is 206 Å². The van der Waals surface area contributed by atoms with Crippen LogP contribution in [-0.4, -0.2) is 41.2 Å². The topological polar surface area (TPSA) is 63.5 Å². The predicted molar refractivity (Wildman–Crippen MR) is 137 cm³/mol. The van der Waals surface area contributed by atoms with Crippen molar-refractivity contribution >= 4 is 29.9 Å². The van der Waals surface area contributed by atoms with Gasteiger partial charge in [0, 0.05) is 38.4 Å². The van der Waals surface area contributed by atoms with E-state index in [1.807, 2.05) is 44.4 Å². The van der Waals surface area contributed by atoms with Crippen molar-refractivity contribution in [3.8, 4) is 5.75 Å². The zero-order chi connectivity index (χ0) is 21.9. The van der Waals surface area contributed by atoms with Crippen LogP contribution in [-0.2, 0) is 13.0 Å². The molecule has 32 heavy (non-hydrogen) atoms. The third-order valence-corrected chi connectivity index (χ3v) is 4.64. The van der Waals surface area contributed by atoms with E-state index in [1.165, 1.54) is 17.7 Å². The second-order valence-corrected chi connectivity index (χ2v) is 7.24. The molecule has 1 unspecified atom stereocenters. The van der Waals surface area contributed by atoms with Crippen molar-refractivity contribution in [3.05, 3.63) is 84.2 Å². The molecule has 8 heteroatoms. The molecule has 0 spiro atoms. The molecule has 0 aliphatic carbocycles. The molecule has 2 N–H and O–H groups in total. The molecule has 1 aromatic heterocycles. The second kappa shape index (κ2) is 13.7. The van der Waals surface area contributed by atoms with Gasteiger partial charge in [0.25, 0.3) is 0 Å². The number of guanidine groups is 1. The summed E-state index contributed by atoms with van der Waals surface area (Å²) in [4.78, 5) is 9.10. The Morgan fingerprint density at radius 2 is 1.88 bits per heavy atom. The average molecular weight is 551 g/mol. The van der Waals surface area contributed by atoms with E-state index < -0.39 is 0 Å².